The Balaban J connectivity index is 2.37. The minimum absolute atomic E-state index is 0.0441. The van der Waals surface area contributed by atoms with Crippen molar-refractivity contribution in [2.75, 3.05) is 6.61 Å². The van der Waals surface area contributed by atoms with Crippen LogP contribution < -0.4 is 0 Å². The van der Waals surface area contributed by atoms with Crippen molar-refractivity contribution in [3.63, 3.8) is 0 Å². The van der Waals surface area contributed by atoms with E-state index in [1.807, 2.05) is 0 Å². The van der Waals surface area contributed by atoms with Gasteiger partial charge in [0, 0.05) is 8.07 Å². The lowest BCUT2D eigenvalue weighted by Crippen LogP contribution is -2.34. The molecule has 0 aliphatic heterocycles. The normalized spacial score (nSPS) is 30.1. The zero-order valence-corrected chi connectivity index (χ0v) is 13.1. The van der Waals surface area contributed by atoms with Crippen molar-refractivity contribution >= 4 is 14.0 Å². The second kappa shape index (κ2) is 5.55. The van der Waals surface area contributed by atoms with Crippen LogP contribution in [0.25, 0.3) is 0 Å². The zero-order valence-electron chi connectivity index (χ0n) is 12.1. The van der Waals surface area contributed by atoms with Gasteiger partial charge in [0.05, 0.1) is 12.0 Å². The van der Waals surface area contributed by atoms with Gasteiger partial charge in [-0.15, -0.1) is 0 Å². The molecule has 0 bridgehead atoms. The van der Waals surface area contributed by atoms with E-state index in [9.17, 15) is 4.79 Å². The Hall–Kier alpha value is -0.313. The standard InChI is InChI=1S/C14H28O2Si/c1-12-6-8-14(2,9-7-12)13(15)16-10-11-17(3,4)5/h12H,6-11H2,1-5H3. The van der Waals surface area contributed by atoms with E-state index >= 15 is 0 Å². The van der Waals surface area contributed by atoms with E-state index in [1.165, 1.54) is 12.8 Å². The molecule has 0 unspecified atom stereocenters. The van der Waals surface area contributed by atoms with Crippen LogP contribution in [0.4, 0.5) is 0 Å². The molecule has 0 N–H and O–H groups in total. The predicted molar refractivity (Wildman–Crippen MR) is 74.9 cm³/mol. The van der Waals surface area contributed by atoms with Crippen LogP contribution in [-0.2, 0) is 9.53 Å². The molecule has 0 spiro atoms. The van der Waals surface area contributed by atoms with E-state index in [-0.39, 0.29) is 11.4 Å². The first-order valence-electron chi connectivity index (χ1n) is 6.90. The molecule has 0 heterocycles. The van der Waals surface area contributed by atoms with Crippen molar-refractivity contribution in [3.8, 4) is 0 Å². The predicted octanol–water partition coefficient (Wildman–Crippen LogP) is 4.08. The molecule has 3 heteroatoms. The summed E-state index contributed by atoms with van der Waals surface area (Å²) < 4.78 is 5.49. The third-order valence-electron chi connectivity index (χ3n) is 3.96. The maximum Gasteiger partial charge on any atom is 0.311 e. The minimum atomic E-state index is -1.09. The molecule has 0 aromatic rings. The van der Waals surface area contributed by atoms with Crippen LogP contribution in [0.5, 0.6) is 0 Å². The molecule has 17 heavy (non-hydrogen) atoms. The summed E-state index contributed by atoms with van der Waals surface area (Å²) in [6.45, 7) is 11.9. The molecule has 1 aliphatic rings. The van der Waals surface area contributed by atoms with Crippen LogP contribution in [0.1, 0.15) is 39.5 Å². The fourth-order valence-corrected chi connectivity index (χ4v) is 2.94. The topological polar surface area (TPSA) is 26.3 Å². The number of hydrogen-bond donors (Lipinski definition) is 0. The number of ether oxygens (including phenoxy) is 1. The number of hydrogen-bond acceptors (Lipinski definition) is 2. The van der Waals surface area contributed by atoms with Gasteiger partial charge in [-0.1, -0.05) is 26.6 Å². The molecule has 0 amide bonds. The van der Waals surface area contributed by atoms with Crippen molar-refractivity contribution < 1.29 is 9.53 Å². The Bertz CT molecular complexity index is 260. The quantitative estimate of drug-likeness (QED) is 0.559. The Morgan fingerprint density at radius 2 is 1.82 bits per heavy atom. The van der Waals surface area contributed by atoms with Crippen molar-refractivity contribution in [1.82, 2.24) is 0 Å². The van der Waals surface area contributed by atoms with E-state index in [0.29, 0.717) is 6.61 Å². The van der Waals surface area contributed by atoms with E-state index in [0.717, 1.165) is 24.8 Å². The summed E-state index contributed by atoms with van der Waals surface area (Å²) >= 11 is 0. The van der Waals surface area contributed by atoms with Crippen LogP contribution in [0, 0.1) is 11.3 Å². The molecule has 100 valence electrons. The van der Waals surface area contributed by atoms with Crippen LogP contribution >= 0.6 is 0 Å². The summed E-state index contributed by atoms with van der Waals surface area (Å²) in [6.07, 6.45) is 4.33. The zero-order chi connectivity index (χ0) is 13.1. The third-order valence-corrected chi connectivity index (χ3v) is 5.66. The summed E-state index contributed by atoms with van der Waals surface area (Å²) in [5.41, 5.74) is -0.202. The maximum atomic E-state index is 12.1. The highest BCUT2D eigenvalue weighted by Gasteiger charge is 2.37. The van der Waals surface area contributed by atoms with Crippen molar-refractivity contribution in [2.45, 2.75) is 65.2 Å². The Morgan fingerprint density at radius 1 is 1.29 bits per heavy atom. The van der Waals surface area contributed by atoms with Crippen molar-refractivity contribution in [3.05, 3.63) is 0 Å². The summed E-state index contributed by atoms with van der Waals surface area (Å²) in [5.74, 6) is 0.820. The Labute approximate surface area is 107 Å². The number of carbonyl (C=O) groups excluding carboxylic acids is 1. The van der Waals surface area contributed by atoms with Gasteiger partial charge in [-0.3, -0.25) is 4.79 Å². The second-order valence-electron chi connectivity index (χ2n) is 7.19. The average molecular weight is 256 g/mol. The lowest BCUT2D eigenvalue weighted by atomic mass is 9.72. The van der Waals surface area contributed by atoms with E-state index in [1.54, 1.807) is 0 Å². The summed E-state index contributed by atoms with van der Waals surface area (Å²) in [6, 6.07) is 1.07. The Morgan fingerprint density at radius 3 is 2.29 bits per heavy atom. The fourth-order valence-electron chi connectivity index (χ4n) is 2.23. The van der Waals surface area contributed by atoms with Gasteiger partial charge < -0.3 is 4.74 Å². The van der Waals surface area contributed by atoms with Gasteiger partial charge in [0.1, 0.15) is 0 Å². The van der Waals surface area contributed by atoms with Crippen LogP contribution in [0.2, 0.25) is 25.7 Å². The van der Waals surface area contributed by atoms with Crippen molar-refractivity contribution in [1.29, 1.82) is 0 Å². The monoisotopic (exact) mass is 256 g/mol. The van der Waals surface area contributed by atoms with Gasteiger partial charge >= 0.3 is 5.97 Å². The lowest BCUT2D eigenvalue weighted by Gasteiger charge is -2.34. The molecule has 1 aliphatic carbocycles. The summed E-state index contributed by atoms with van der Waals surface area (Å²) in [5, 5.41) is 0. The number of rotatable bonds is 4. The lowest BCUT2D eigenvalue weighted by molar-refractivity contribution is -0.156. The fraction of sp³-hybridized carbons (Fsp3) is 0.929. The van der Waals surface area contributed by atoms with Gasteiger partial charge in [0.15, 0.2) is 0 Å². The highest BCUT2D eigenvalue weighted by atomic mass is 28.3. The molecule has 0 aromatic heterocycles. The average Bonchev–Trinajstić information content (AvgIpc) is 2.21. The van der Waals surface area contributed by atoms with E-state index in [4.69, 9.17) is 4.74 Å². The molecular weight excluding hydrogens is 228 g/mol. The molecule has 1 fully saturated rings. The second-order valence-corrected chi connectivity index (χ2v) is 12.8. The SMILES string of the molecule is CC1CCC(C)(C(=O)OCC[Si](C)(C)C)CC1. The van der Waals surface area contributed by atoms with Gasteiger partial charge in [-0.05, 0) is 44.6 Å². The van der Waals surface area contributed by atoms with Gasteiger partial charge in [-0.25, -0.2) is 0 Å². The molecule has 2 nitrogen and oxygen atoms in total. The van der Waals surface area contributed by atoms with E-state index in [2.05, 4.69) is 33.5 Å². The highest BCUT2D eigenvalue weighted by Crippen LogP contribution is 2.39. The summed E-state index contributed by atoms with van der Waals surface area (Å²) in [4.78, 5) is 12.1. The molecule has 1 saturated carbocycles. The highest BCUT2D eigenvalue weighted by molar-refractivity contribution is 6.76. The largest absolute Gasteiger partial charge is 0.466 e. The number of carbonyl (C=O) groups is 1. The molecule has 1 rings (SSSR count). The molecular formula is C14H28O2Si. The van der Waals surface area contributed by atoms with Crippen LogP contribution in [0.15, 0.2) is 0 Å². The first-order chi connectivity index (χ1) is 7.73. The third kappa shape index (κ3) is 4.82. The van der Waals surface area contributed by atoms with Crippen LogP contribution in [-0.4, -0.2) is 20.7 Å². The summed E-state index contributed by atoms with van der Waals surface area (Å²) in [7, 11) is -1.09. The van der Waals surface area contributed by atoms with Gasteiger partial charge in [-0.2, -0.15) is 0 Å². The smallest absolute Gasteiger partial charge is 0.311 e. The number of esters is 1. The van der Waals surface area contributed by atoms with Gasteiger partial charge in [0.25, 0.3) is 0 Å². The molecule has 0 atom stereocenters. The maximum absolute atomic E-state index is 12.1. The van der Waals surface area contributed by atoms with Crippen molar-refractivity contribution in [2.24, 2.45) is 11.3 Å². The minimum Gasteiger partial charge on any atom is -0.466 e. The van der Waals surface area contributed by atoms with E-state index < -0.39 is 8.07 Å². The molecule has 0 aromatic carbocycles. The van der Waals surface area contributed by atoms with Gasteiger partial charge in [0.2, 0.25) is 0 Å². The first kappa shape index (κ1) is 14.7. The first-order valence-corrected chi connectivity index (χ1v) is 10.6. The molecule has 0 radical (unpaired) electrons. The molecule has 0 saturated heterocycles. The Kier molecular flexibility index (Phi) is 4.82. The van der Waals surface area contributed by atoms with Crippen LogP contribution in [0.3, 0.4) is 0 Å².